The van der Waals surface area contributed by atoms with Gasteiger partial charge in [-0.1, -0.05) is 16.9 Å². The van der Waals surface area contributed by atoms with Crippen LogP contribution in [0, 0.1) is 6.92 Å². The number of nitrogens with one attached hydrogen (secondary N) is 2. The topological polar surface area (TPSA) is 127 Å². The van der Waals surface area contributed by atoms with Crippen LogP contribution in [0.3, 0.4) is 0 Å². The Balaban J connectivity index is 1.56. The molecule has 134 valence electrons. The number of hydrogen-bond donors (Lipinski definition) is 2. The van der Waals surface area contributed by atoms with E-state index >= 15 is 0 Å². The van der Waals surface area contributed by atoms with Crippen molar-refractivity contribution in [3.8, 4) is 11.4 Å². The predicted molar refractivity (Wildman–Crippen MR) is 94.3 cm³/mol. The average Bonchev–Trinajstić information content (AvgIpc) is 3.08. The maximum absolute atomic E-state index is 12.2. The van der Waals surface area contributed by atoms with Crippen LogP contribution < -0.4 is 10.9 Å². The van der Waals surface area contributed by atoms with Crippen LogP contribution in [-0.4, -0.2) is 36.2 Å². The lowest BCUT2D eigenvalue weighted by atomic mass is 10.3. The molecule has 9 nitrogen and oxygen atoms in total. The first-order chi connectivity index (χ1) is 12.5. The molecule has 0 saturated heterocycles. The number of aryl methyl sites for hydroxylation is 1. The average molecular weight is 372 g/mol. The molecule has 0 aliphatic heterocycles. The van der Waals surface area contributed by atoms with E-state index in [0.717, 1.165) is 17.3 Å². The first-order valence-corrected chi connectivity index (χ1v) is 8.64. The third kappa shape index (κ3) is 4.54. The number of amides is 1. The summed E-state index contributed by atoms with van der Waals surface area (Å²) in [6.07, 6.45) is 3.28. The zero-order valence-corrected chi connectivity index (χ0v) is 14.9. The Kier molecular flexibility index (Phi) is 5.42. The molecule has 3 aromatic heterocycles. The molecule has 0 fully saturated rings. The Hall–Kier alpha value is -3.01. The van der Waals surface area contributed by atoms with Crippen LogP contribution in [0.2, 0.25) is 0 Å². The molecule has 0 spiro atoms. The third-order valence-electron chi connectivity index (χ3n) is 3.31. The van der Waals surface area contributed by atoms with Gasteiger partial charge in [0, 0.05) is 29.7 Å². The van der Waals surface area contributed by atoms with Crippen molar-refractivity contribution in [2.24, 2.45) is 0 Å². The number of H-pyrrole nitrogens is 1. The van der Waals surface area contributed by atoms with E-state index in [1.165, 1.54) is 6.07 Å². The molecule has 3 aromatic rings. The van der Waals surface area contributed by atoms with Gasteiger partial charge < -0.3 is 14.8 Å². The van der Waals surface area contributed by atoms with Crippen LogP contribution in [0.5, 0.6) is 0 Å². The molecule has 0 bridgehead atoms. The summed E-state index contributed by atoms with van der Waals surface area (Å²) in [6.45, 7) is 3.55. The lowest BCUT2D eigenvalue weighted by Crippen LogP contribution is -2.30. The van der Waals surface area contributed by atoms with Crippen LogP contribution in [0.25, 0.3) is 11.4 Å². The molecule has 0 aromatic carbocycles. The number of aromatic amines is 1. The largest absolute Gasteiger partial charge is 0.346 e. The van der Waals surface area contributed by atoms with Gasteiger partial charge in [0.2, 0.25) is 17.6 Å². The molecule has 2 N–H and O–H groups in total. The first-order valence-electron chi connectivity index (χ1n) is 7.76. The molecule has 1 atom stereocenters. The molecule has 0 aliphatic rings. The Morgan fingerprint density at radius 2 is 2.27 bits per heavy atom. The summed E-state index contributed by atoms with van der Waals surface area (Å²) < 4.78 is 5.13. The fourth-order valence-electron chi connectivity index (χ4n) is 2.07. The van der Waals surface area contributed by atoms with E-state index in [1.54, 1.807) is 32.3 Å². The normalized spacial score (nSPS) is 11.9. The quantitative estimate of drug-likeness (QED) is 0.490. The Morgan fingerprint density at radius 3 is 3.00 bits per heavy atom. The van der Waals surface area contributed by atoms with Crippen molar-refractivity contribution < 1.29 is 9.32 Å². The van der Waals surface area contributed by atoms with E-state index < -0.39 is 5.25 Å². The highest BCUT2D eigenvalue weighted by molar-refractivity contribution is 8.00. The van der Waals surface area contributed by atoms with Crippen molar-refractivity contribution in [1.82, 2.24) is 30.4 Å². The maximum atomic E-state index is 12.2. The summed E-state index contributed by atoms with van der Waals surface area (Å²) in [5.74, 6) is 0.461. The Labute approximate surface area is 152 Å². The molecule has 3 rings (SSSR count). The summed E-state index contributed by atoms with van der Waals surface area (Å²) in [5, 5.41) is 6.53. The molecule has 26 heavy (non-hydrogen) atoms. The van der Waals surface area contributed by atoms with Gasteiger partial charge in [0.15, 0.2) is 5.16 Å². The monoisotopic (exact) mass is 372 g/mol. The fraction of sp³-hybridized carbons (Fsp3) is 0.250. The van der Waals surface area contributed by atoms with E-state index in [1.807, 2.05) is 6.07 Å². The molecule has 0 saturated carbocycles. The van der Waals surface area contributed by atoms with Crippen LogP contribution in [0.4, 0.5) is 0 Å². The van der Waals surface area contributed by atoms with Gasteiger partial charge in [0.1, 0.15) is 0 Å². The van der Waals surface area contributed by atoms with Gasteiger partial charge in [-0.15, -0.1) is 0 Å². The highest BCUT2D eigenvalue weighted by Crippen LogP contribution is 2.18. The van der Waals surface area contributed by atoms with Gasteiger partial charge in [0.25, 0.3) is 5.56 Å². The molecule has 3 heterocycles. The zero-order valence-electron chi connectivity index (χ0n) is 14.1. The summed E-state index contributed by atoms with van der Waals surface area (Å²) in [4.78, 5) is 38.7. The number of thioether (sulfide) groups is 1. The number of nitrogens with zero attached hydrogens (tertiary/aromatic N) is 4. The van der Waals surface area contributed by atoms with Gasteiger partial charge >= 0.3 is 0 Å². The van der Waals surface area contributed by atoms with Crippen LogP contribution in [0.1, 0.15) is 18.5 Å². The van der Waals surface area contributed by atoms with Crippen molar-refractivity contribution in [1.29, 1.82) is 0 Å². The summed E-state index contributed by atoms with van der Waals surface area (Å²) in [7, 11) is 0. The van der Waals surface area contributed by atoms with Gasteiger partial charge in [-0.2, -0.15) is 4.98 Å². The van der Waals surface area contributed by atoms with Crippen molar-refractivity contribution >= 4 is 17.7 Å². The second-order valence-electron chi connectivity index (χ2n) is 5.42. The van der Waals surface area contributed by atoms with Gasteiger partial charge in [-0.05, 0) is 26.0 Å². The SMILES string of the molecule is Cc1cc(=O)[nH]c(S[C@@H](C)C(=O)NCc2nc(-c3cccnc3)no2)n1. The molecule has 0 radical (unpaired) electrons. The number of carbonyl (C=O) groups excluding carboxylic acids is 1. The van der Waals surface area contributed by atoms with Crippen molar-refractivity contribution in [3.05, 3.63) is 52.5 Å². The van der Waals surface area contributed by atoms with E-state index in [4.69, 9.17) is 4.52 Å². The molecule has 0 aliphatic carbocycles. The molecular weight excluding hydrogens is 356 g/mol. The minimum Gasteiger partial charge on any atom is -0.346 e. The first kappa shape index (κ1) is 17.8. The number of aromatic nitrogens is 5. The van der Waals surface area contributed by atoms with E-state index in [2.05, 4.69) is 30.4 Å². The predicted octanol–water partition coefficient (Wildman–Crippen LogP) is 1.32. The molecular formula is C16H16N6O3S. The number of rotatable bonds is 6. The Morgan fingerprint density at radius 1 is 1.42 bits per heavy atom. The lowest BCUT2D eigenvalue weighted by molar-refractivity contribution is -0.120. The van der Waals surface area contributed by atoms with E-state index in [-0.39, 0.29) is 23.9 Å². The molecule has 1 amide bonds. The van der Waals surface area contributed by atoms with E-state index in [9.17, 15) is 9.59 Å². The Bertz CT molecular complexity index is 956. The standard InChI is InChI=1S/C16H16N6O3S/c1-9-6-12(23)20-16(19-9)26-10(2)15(24)18-8-13-21-14(22-25-13)11-4-3-5-17-7-11/h3-7,10H,8H2,1-2H3,(H,18,24)(H,19,20,23)/t10-/m0/s1. The zero-order chi connectivity index (χ0) is 18.5. The number of hydrogen-bond acceptors (Lipinski definition) is 8. The highest BCUT2D eigenvalue weighted by atomic mass is 32.2. The number of pyridine rings is 1. The minimum atomic E-state index is -0.458. The van der Waals surface area contributed by atoms with Gasteiger partial charge in [-0.25, -0.2) is 4.98 Å². The summed E-state index contributed by atoms with van der Waals surface area (Å²) in [5.41, 5.74) is 1.08. The second kappa shape index (κ2) is 7.91. The van der Waals surface area contributed by atoms with Crippen LogP contribution in [0.15, 0.2) is 45.1 Å². The maximum Gasteiger partial charge on any atom is 0.251 e. The van der Waals surface area contributed by atoms with E-state index in [0.29, 0.717) is 16.7 Å². The van der Waals surface area contributed by atoms with Crippen molar-refractivity contribution in [3.63, 3.8) is 0 Å². The van der Waals surface area contributed by atoms with Crippen LogP contribution >= 0.6 is 11.8 Å². The lowest BCUT2D eigenvalue weighted by Gasteiger charge is -2.10. The molecule has 0 unspecified atom stereocenters. The van der Waals surface area contributed by atoms with Crippen LogP contribution in [-0.2, 0) is 11.3 Å². The van der Waals surface area contributed by atoms with Gasteiger partial charge in [-0.3, -0.25) is 14.6 Å². The fourth-order valence-corrected chi connectivity index (χ4v) is 2.96. The second-order valence-corrected chi connectivity index (χ2v) is 6.75. The summed E-state index contributed by atoms with van der Waals surface area (Å²) >= 11 is 1.16. The molecule has 10 heteroatoms. The smallest absolute Gasteiger partial charge is 0.251 e. The highest BCUT2D eigenvalue weighted by Gasteiger charge is 2.17. The minimum absolute atomic E-state index is 0.106. The summed E-state index contributed by atoms with van der Waals surface area (Å²) in [6, 6.07) is 4.98. The number of carbonyl (C=O) groups is 1. The van der Waals surface area contributed by atoms with Crippen molar-refractivity contribution in [2.45, 2.75) is 30.8 Å². The van der Waals surface area contributed by atoms with Crippen molar-refractivity contribution in [2.75, 3.05) is 0 Å². The van der Waals surface area contributed by atoms with Gasteiger partial charge in [0.05, 0.1) is 11.8 Å². The third-order valence-corrected chi connectivity index (χ3v) is 4.29.